The lowest BCUT2D eigenvalue weighted by Crippen LogP contribution is -2.36. The van der Waals surface area contributed by atoms with Gasteiger partial charge in [-0.25, -0.2) is 9.78 Å². The molecule has 5 nitrogen and oxygen atoms in total. The smallest absolute Gasteiger partial charge is 0.314 e. The number of thiazole rings is 1. The second-order valence-electron chi connectivity index (χ2n) is 4.70. The molecule has 0 saturated carbocycles. The Balaban J connectivity index is 1.90. The highest BCUT2D eigenvalue weighted by Crippen LogP contribution is 2.27. The van der Waals surface area contributed by atoms with E-state index < -0.39 is 0 Å². The molecule has 0 radical (unpaired) electrons. The molecule has 0 aliphatic rings. The molecule has 6 heteroatoms. The van der Waals surface area contributed by atoms with Crippen molar-refractivity contribution in [2.75, 3.05) is 13.1 Å². The van der Waals surface area contributed by atoms with Gasteiger partial charge in [0.05, 0.1) is 5.69 Å². The number of hydrogen-bond acceptors (Lipinski definition) is 4. The molecule has 2 rings (SSSR count). The van der Waals surface area contributed by atoms with Gasteiger partial charge < -0.3 is 10.6 Å². The molecule has 0 aliphatic carbocycles. The van der Waals surface area contributed by atoms with Crippen LogP contribution in [0.15, 0.2) is 24.5 Å². The van der Waals surface area contributed by atoms with E-state index in [1.807, 2.05) is 26.0 Å². The minimum Gasteiger partial charge on any atom is -0.338 e. The van der Waals surface area contributed by atoms with Gasteiger partial charge in [0, 0.05) is 42.3 Å². The molecule has 0 saturated heterocycles. The zero-order valence-corrected chi connectivity index (χ0v) is 13.2. The molecule has 0 aliphatic heterocycles. The lowest BCUT2D eigenvalue weighted by molar-refractivity contribution is 0.241. The summed E-state index contributed by atoms with van der Waals surface area (Å²) in [5.41, 5.74) is 2.11. The third-order valence-electron chi connectivity index (χ3n) is 2.99. The van der Waals surface area contributed by atoms with Crippen LogP contribution in [-0.4, -0.2) is 29.1 Å². The highest BCUT2D eigenvalue weighted by Gasteiger charge is 2.09. The number of nitrogens with one attached hydrogen (secondary N) is 2. The lowest BCUT2D eigenvalue weighted by atomic mass is 10.3. The summed E-state index contributed by atoms with van der Waals surface area (Å²) in [6.07, 6.45) is 5.28. The maximum atomic E-state index is 11.5. The van der Waals surface area contributed by atoms with E-state index in [2.05, 4.69) is 20.6 Å². The van der Waals surface area contributed by atoms with E-state index in [1.165, 1.54) is 4.88 Å². The molecule has 2 N–H and O–H groups in total. The Labute approximate surface area is 128 Å². The Hall–Kier alpha value is -1.95. The molecule has 0 bridgehead atoms. The number of pyridine rings is 1. The van der Waals surface area contributed by atoms with Gasteiger partial charge in [0.25, 0.3) is 0 Å². The summed E-state index contributed by atoms with van der Waals surface area (Å²) in [7, 11) is 0. The van der Waals surface area contributed by atoms with E-state index >= 15 is 0 Å². The highest BCUT2D eigenvalue weighted by atomic mass is 32.1. The van der Waals surface area contributed by atoms with Crippen molar-refractivity contribution in [1.29, 1.82) is 0 Å². The van der Waals surface area contributed by atoms with Crippen molar-refractivity contribution < 1.29 is 4.79 Å². The fourth-order valence-corrected chi connectivity index (χ4v) is 2.94. The quantitative estimate of drug-likeness (QED) is 0.862. The van der Waals surface area contributed by atoms with Crippen molar-refractivity contribution in [2.24, 2.45) is 0 Å². The van der Waals surface area contributed by atoms with E-state index in [1.54, 1.807) is 23.7 Å². The minimum absolute atomic E-state index is 0.103. The average Bonchev–Trinajstić information content (AvgIpc) is 2.87. The first kappa shape index (κ1) is 15.4. The Morgan fingerprint density at radius 1 is 1.24 bits per heavy atom. The van der Waals surface area contributed by atoms with Gasteiger partial charge in [-0.1, -0.05) is 6.92 Å². The third-order valence-corrected chi connectivity index (χ3v) is 4.26. The number of hydrogen-bond donors (Lipinski definition) is 2. The molecule has 2 heterocycles. The maximum Gasteiger partial charge on any atom is 0.314 e. The summed E-state index contributed by atoms with van der Waals surface area (Å²) in [5, 5.41) is 6.66. The van der Waals surface area contributed by atoms with Crippen molar-refractivity contribution in [1.82, 2.24) is 20.6 Å². The second kappa shape index (κ2) is 7.73. The van der Waals surface area contributed by atoms with Crippen LogP contribution in [0.4, 0.5) is 4.79 Å². The third kappa shape index (κ3) is 4.53. The van der Waals surface area contributed by atoms with Crippen LogP contribution in [0, 0.1) is 6.92 Å². The fourth-order valence-electron chi connectivity index (χ4n) is 1.87. The number of carbonyl (C=O) groups is 1. The lowest BCUT2D eigenvalue weighted by Gasteiger charge is -2.05. The molecule has 2 amide bonds. The van der Waals surface area contributed by atoms with Crippen LogP contribution in [0.3, 0.4) is 0 Å². The molecule has 0 aromatic carbocycles. The van der Waals surface area contributed by atoms with Crippen molar-refractivity contribution in [3.05, 3.63) is 35.1 Å². The van der Waals surface area contributed by atoms with E-state index in [9.17, 15) is 4.79 Å². The number of aryl methyl sites for hydroxylation is 1. The van der Waals surface area contributed by atoms with Gasteiger partial charge in [0.1, 0.15) is 5.01 Å². The van der Waals surface area contributed by atoms with Crippen LogP contribution in [0.5, 0.6) is 0 Å². The topological polar surface area (TPSA) is 66.9 Å². The Bertz CT molecular complexity index is 583. The summed E-state index contributed by atoms with van der Waals surface area (Å²) in [6, 6.07) is 3.81. The van der Waals surface area contributed by atoms with Gasteiger partial charge in [-0.15, -0.1) is 11.3 Å². The average molecular weight is 304 g/mol. The van der Waals surface area contributed by atoms with Crippen LogP contribution in [0.25, 0.3) is 10.6 Å². The predicted octanol–water partition coefficient (Wildman–Crippen LogP) is 2.77. The number of amides is 2. The van der Waals surface area contributed by atoms with Crippen LogP contribution >= 0.6 is 11.3 Å². The number of nitrogens with zero attached hydrogens (tertiary/aromatic N) is 2. The van der Waals surface area contributed by atoms with E-state index in [4.69, 9.17) is 0 Å². The van der Waals surface area contributed by atoms with Crippen molar-refractivity contribution in [3.63, 3.8) is 0 Å². The SMILES string of the molecule is CCCNC(=O)NCCc1sc(-c2ccncc2)nc1C. The number of aromatic nitrogens is 2. The zero-order valence-electron chi connectivity index (χ0n) is 12.3. The number of urea groups is 1. The summed E-state index contributed by atoms with van der Waals surface area (Å²) in [5.74, 6) is 0. The monoisotopic (exact) mass is 304 g/mol. The fraction of sp³-hybridized carbons (Fsp3) is 0.400. The van der Waals surface area contributed by atoms with Crippen molar-refractivity contribution >= 4 is 17.4 Å². The Morgan fingerprint density at radius 2 is 1.95 bits per heavy atom. The van der Waals surface area contributed by atoms with Gasteiger partial charge in [0.2, 0.25) is 0 Å². The van der Waals surface area contributed by atoms with E-state index in [-0.39, 0.29) is 6.03 Å². The highest BCUT2D eigenvalue weighted by molar-refractivity contribution is 7.15. The molecule has 21 heavy (non-hydrogen) atoms. The molecule has 0 unspecified atom stereocenters. The summed E-state index contributed by atoms with van der Waals surface area (Å²) in [6.45, 7) is 5.36. The van der Waals surface area contributed by atoms with Gasteiger partial charge in [-0.2, -0.15) is 0 Å². The van der Waals surface area contributed by atoms with Gasteiger partial charge in [0.15, 0.2) is 0 Å². The first-order valence-corrected chi connectivity index (χ1v) is 7.90. The van der Waals surface area contributed by atoms with Crippen molar-refractivity contribution in [3.8, 4) is 10.6 Å². The molecule has 0 spiro atoms. The molecule has 112 valence electrons. The van der Waals surface area contributed by atoms with Crippen LogP contribution in [0.2, 0.25) is 0 Å². The first-order valence-electron chi connectivity index (χ1n) is 7.09. The molecule has 0 fully saturated rings. The molecule has 0 atom stereocenters. The summed E-state index contributed by atoms with van der Waals surface area (Å²) >= 11 is 1.67. The first-order chi connectivity index (χ1) is 10.2. The molecular formula is C15H20N4OS. The van der Waals surface area contributed by atoms with Crippen LogP contribution in [0.1, 0.15) is 23.9 Å². The van der Waals surface area contributed by atoms with Crippen molar-refractivity contribution in [2.45, 2.75) is 26.7 Å². The summed E-state index contributed by atoms with van der Waals surface area (Å²) < 4.78 is 0. The van der Waals surface area contributed by atoms with Crippen LogP contribution < -0.4 is 10.6 Å². The Kier molecular flexibility index (Phi) is 5.68. The Morgan fingerprint density at radius 3 is 2.67 bits per heavy atom. The van der Waals surface area contributed by atoms with Crippen LogP contribution in [-0.2, 0) is 6.42 Å². The normalized spacial score (nSPS) is 10.4. The second-order valence-corrected chi connectivity index (χ2v) is 5.78. The van der Waals surface area contributed by atoms with E-state index in [0.717, 1.165) is 29.1 Å². The van der Waals surface area contributed by atoms with Gasteiger partial charge >= 0.3 is 6.03 Å². The van der Waals surface area contributed by atoms with E-state index in [0.29, 0.717) is 13.1 Å². The van der Waals surface area contributed by atoms with Gasteiger partial charge in [-0.3, -0.25) is 4.98 Å². The molecular weight excluding hydrogens is 284 g/mol. The van der Waals surface area contributed by atoms with Gasteiger partial charge in [-0.05, 0) is 25.5 Å². The maximum absolute atomic E-state index is 11.5. The molecule has 2 aromatic rings. The standard InChI is InChI=1S/C15H20N4OS/c1-3-7-17-15(20)18-10-6-13-11(2)19-14(21-13)12-4-8-16-9-5-12/h4-5,8-9H,3,6-7,10H2,1-2H3,(H2,17,18,20). The summed E-state index contributed by atoms with van der Waals surface area (Å²) in [4.78, 5) is 21.3. The minimum atomic E-state index is -0.103. The molecule has 2 aromatic heterocycles. The predicted molar refractivity (Wildman–Crippen MR) is 85.5 cm³/mol. The zero-order chi connectivity index (χ0) is 15.1. The number of rotatable bonds is 6. The number of carbonyl (C=O) groups excluding carboxylic acids is 1. The largest absolute Gasteiger partial charge is 0.338 e.